The molecule has 0 aromatic heterocycles. The summed E-state index contributed by atoms with van der Waals surface area (Å²) in [5, 5.41) is 0. The number of rotatable bonds is 7. The lowest BCUT2D eigenvalue weighted by Crippen LogP contribution is -2.58. The zero-order valence-electron chi connectivity index (χ0n) is 18.9. The summed E-state index contributed by atoms with van der Waals surface area (Å²) in [6.07, 6.45) is -5.76. The Balaban J connectivity index is 1.57. The molecule has 0 saturated carbocycles. The van der Waals surface area contributed by atoms with Crippen LogP contribution in [0.5, 0.6) is 0 Å². The second kappa shape index (κ2) is 11.9. The molecule has 3 aromatic rings. The van der Waals surface area contributed by atoms with Crippen molar-refractivity contribution in [3.8, 4) is 0 Å². The van der Waals surface area contributed by atoms with Crippen molar-refractivity contribution in [2.24, 2.45) is 0 Å². The van der Waals surface area contributed by atoms with E-state index in [1.54, 1.807) is 91.0 Å². The van der Waals surface area contributed by atoms with Crippen LogP contribution in [0.15, 0.2) is 91.0 Å². The van der Waals surface area contributed by atoms with Crippen molar-refractivity contribution >= 4 is 33.8 Å². The number of hydrogen-bond donors (Lipinski definition) is 0. The fraction of sp³-hybridized carbons (Fsp3) is 0.222. The van der Waals surface area contributed by atoms with Crippen molar-refractivity contribution in [2.75, 3.05) is 6.61 Å². The predicted molar refractivity (Wildman–Crippen MR) is 130 cm³/mol. The molecule has 0 radical (unpaired) electrons. The van der Waals surface area contributed by atoms with Crippen LogP contribution in [0.1, 0.15) is 31.1 Å². The summed E-state index contributed by atoms with van der Waals surface area (Å²) in [7, 11) is 0. The molecule has 0 amide bonds. The highest BCUT2D eigenvalue weighted by Gasteiger charge is 2.50. The first-order chi connectivity index (χ1) is 17.4. The second-order valence-corrected chi connectivity index (χ2v) is 8.96. The standard InChI is InChI=1S/C27H22BrFO7/c28-21-23(36-27(32)19-14-8-3-9-15-19)22(35-26(31)18-12-6-2-7-13-18)20(34-24(21)29)16-33-25(30)17-10-4-1-5-11-17/h1-15,20-24H,16H2/t20-,21-,22-,23-,24-/m1/s1. The van der Waals surface area contributed by atoms with Gasteiger partial charge in [0.25, 0.3) is 0 Å². The normalized spacial score (nSPS) is 23.3. The van der Waals surface area contributed by atoms with Crippen LogP contribution in [-0.4, -0.2) is 54.0 Å². The van der Waals surface area contributed by atoms with Gasteiger partial charge in [-0.05, 0) is 36.4 Å². The van der Waals surface area contributed by atoms with Gasteiger partial charge in [0.05, 0.1) is 16.7 Å². The van der Waals surface area contributed by atoms with Crippen molar-refractivity contribution in [1.82, 2.24) is 0 Å². The average Bonchev–Trinajstić information content (AvgIpc) is 2.92. The Morgan fingerprint density at radius 3 is 1.58 bits per heavy atom. The van der Waals surface area contributed by atoms with Gasteiger partial charge in [-0.25, -0.2) is 18.8 Å². The van der Waals surface area contributed by atoms with Crippen LogP contribution in [0, 0.1) is 0 Å². The first kappa shape index (κ1) is 25.5. The van der Waals surface area contributed by atoms with Gasteiger partial charge in [0.1, 0.15) is 17.5 Å². The minimum absolute atomic E-state index is 0.235. The van der Waals surface area contributed by atoms with Gasteiger partial charge in [-0.15, -0.1) is 0 Å². The van der Waals surface area contributed by atoms with Gasteiger partial charge in [0.2, 0.25) is 6.36 Å². The van der Waals surface area contributed by atoms with Crippen molar-refractivity contribution in [3.05, 3.63) is 108 Å². The molecular weight excluding hydrogens is 535 g/mol. The molecule has 186 valence electrons. The Morgan fingerprint density at radius 1 is 0.694 bits per heavy atom. The fourth-order valence-electron chi connectivity index (χ4n) is 3.62. The molecule has 36 heavy (non-hydrogen) atoms. The highest BCUT2D eigenvalue weighted by atomic mass is 79.9. The fourth-order valence-corrected chi connectivity index (χ4v) is 4.15. The van der Waals surface area contributed by atoms with Crippen molar-refractivity contribution in [1.29, 1.82) is 0 Å². The molecular formula is C27H22BrFO7. The maximum Gasteiger partial charge on any atom is 0.338 e. The van der Waals surface area contributed by atoms with E-state index in [-0.39, 0.29) is 16.7 Å². The van der Waals surface area contributed by atoms with E-state index in [4.69, 9.17) is 18.9 Å². The third-order valence-electron chi connectivity index (χ3n) is 5.45. The number of hydrogen-bond acceptors (Lipinski definition) is 7. The minimum atomic E-state index is -1.94. The van der Waals surface area contributed by atoms with E-state index < -0.39 is 54.0 Å². The first-order valence-corrected chi connectivity index (χ1v) is 12.0. The number of ether oxygens (including phenoxy) is 4. The second-order valence-electron chi connectivity index (χ2n) is 7.91. The number of halogens is 2. The zero-order chi connectivity index (χ0) is 25.5. The average molecular weight is 557 g/mol. The largest absolute Gasteiger partial charge is 0.459 e. The zero-order valence-corrected chi connectivity index (χ0v) is 20.5. The van der Waals surface area contributed by atoms with Gasteiger partial charge in [0, 0.05) is 0 Å². The summed E-state index contributed by atoms with van der Waals surface area (Å²) >= 11 is 3.18. The number of alkyl halides is 2. The highest BCUT2D eigenvalue weighted by molar-refractivity contribution is 9.09. The monoisotopic (exact) mass is 556 g/mol. The van der Waals surface area contributed by atoms with Crippen LogP contribution in [0.4, 0.5) is 4.39 Å². The molecule has 1 fully saturated rings. The van der Waals surface area contributed by atoms with Crippen LogP contribution in [0.3, 0.4) is 0 Å². The summed E-state index contributed by atoms with van der Waals surface area (Å²) in [4.78, 5) is 37.0. The molecule has 4 rings (SSSR count). The van der Waals surface area contributed by atoms with Crippen molar-refractivity contribution in [2.45, 2.75) is 29.5 Å². The molecule has 0 unspecified atom stereocenters. The molecule has 7 nitrogen and oxygen atoms in total. The van der Waals surface area contributed by atoms with Crippen LogP contribution in [0.2, 0.25) is 0 Å². The molecule has 0 spiro atoms. The number of carbonyl (C=O) groups is 3. The smallest absolute Gasteiger partial charge is 0.338 e. The molecule has 3 aromatic carbocycles. The topological polar surface area (TPSA) is 88.1 Å². The highest BCUT2D eigenvalue weighted by Crippen LogP contribution is 2.33. The molecule has 1 heterocycles. The quantitative estimate of drug-likeness (QED) is 0.235. The summed E-state index contributed by atoms with van der Waals surface area (Å²) in [6.45, 7) is -0.444. The van der Waals surface area contributed by atoms with E-state index in [1.807, 2.05) is 0 Å². The van der Waals surface area contributed by atoms with E-state index in [2.05, 4.69) is 15.9 Å². The third kappa shape index (κ3) is 6.16. The Kier molecular flexibility index (Phi) is 8.45. The van der Waals surface area contributed by atoms with Gasteiger partial charge in [-0.2, -0.15) is 0 Å². The lowest BCUT2D eigenvalue weighted by Gasteiger charge is -2.40. The SMILES string of the molecule is O=C(OC[C@H]1O[C@@H](F)[C@H](Br)[C@@H](OC(=O)c2ccccc2)[C@@H]1OC(=O)c1ccccc1)c1ccccc1. The summed E-state index contributed by atoms with van der Waals surface area (Å²) in [6, 6.07) is 24.5. The van der Waals surface area contributed by atoms with E-state index in [1.165, 1.54) is 0 Å². The molecule has 1 saturated heterocycles. The van der Waals surface area contributed by atoms with Crippen LogP contribution >= 0.6 is 15.9 Å². The van der Waals surface area contributed by atoms with Gasteiger partial charge < -0.3 is 18.9 Å². The lowest BCUT2D eigenvalue weighted by atomic mass is 10.0. The van der Waals surface area contributed by atoms with Gasteiger partial charge in [-0.1, -0.05) is 70.5 Å². The van der Waals surface area contributed by atoms with E-state index >= 15 is 0 Å². The molecule has 0 N–H and O–H groups in total. The Labute approximate surface area is 215 Å². The van der Waals surface area contributed by atoms with Crippen LogP contribution in [0.25, 0.3) is 0 Å². The van der Waals surface area contributed by atoms with Gasteiger partial charge in [-0.3, -0.25) is 0 Å². The maximum absolute atomic E-state index is 14.9. The van der Waals surface area contributed by atoms with E-state index in [9.17, 15) is 18.8 Å². The van der Waals surface area contributed by atoms with E-state index in [0.717, 1.165) is 0 Å². The van der Waals surface area contributed by atoms with E-state index in [0.29, 0.717) is 0 Å². The summed E-state index contributed by atoms with van der Waals surface area (Å²) in [5.74, 6) is -2.14. The van der Waals surface area contributed by atoms with Crippen molar-refractivity contribution < 1.29 is 37.7 Å². The molecule has 1 aliphatic heterocycles. The summed E-state index contributed by atoms with van der Waals surface area (Å²) in [5.41, 5.74) is 0.756. The summed E-state index contributed by atoms with van der Waals surface area (Å²) < 4.78 is 36.9. The lowest BCUT2D eigenvalue weighted by molar-refractivity contribution is -0.209. The number of esters is 3. The Hall–Kier alpha value is -3.56. The third-order valence-corrected chi connectivity index (χ3v) is 6.39. The first-order valence-electron chi connectivity index (χ1n) is 11.1. The maximum atomic E-state index is 14.9. The molecule has 1 aliphatic rings. The molecule has 0 aliphatic carbocycles. The minimum Gasteiger partial charge on any atom is -0.459 e. The Bertz CT molecular complexity index is 1180. The van der Waals surface area contributed by atoms with Crippen molar-refractivity contribution in [3.63, 3.8) is 0 Å². The van der Waals surface area contributed by atoms with Gasteiger partial charge in [0.15, 0.2) is 12.2 Å². The van der Waals surface area contributed by atoms with Gasteiger partial charge >= 0.3 is 17.9 Å². The predicted octanol–water partition coefficient (Wildman–Crippen LogP) is 4.75. The molecule has 5 atom stereocenters. The Morgan fingerprint density at radius 2 is 1.11 bits per heavy atom. The van der Waals surface area contributed by atoms with Crippen LogP contribution < -0.4 is 0 Å². The number of carbonyl (C=O) groups excluding carboxylic acids is 3. The molecule has 0 bridgehead atoms. The number of benzene rings is 3. The van der Waals surface area contributed by atoms with Crippen LogP contribution in [-0.2, 0) is 18.9 Å². The molecule has 9 heteroatoms.